The van der Waals surface area contributed by atoms with Crippen LogP contribution in [0.5, 0.6) is 0 Å². The molecule has 24 N–H and O–H groups in total. The molecular weight excluding hydrogens is 979 g/mol. The molecular formula is C40H51N23O11. The monoisotopic (exact) mass is 1030 g/mol. The number of amides is 6. The molecule has 3 aromatic carbocycles. The smallest absolute Gasteiger partial charge is 0.301 e. The van der Waals surface area contributed by atoms with E-state index in [0.717, 1.165) is 5.69 Å². The third-order valence-electron chi connectivity index (χ3n) is 9.36. The largest absolute Gasteiger partial charge is 0.378 e. The summed E-state index contributed by atoms with van der Waals surface area (Å²) in [6.45, 7) is -0.652. The number of nitrogens with two attached hydrogens (primary N) is 9. The van der Waals surface area contributed by atoms with Crippen molar-refractivity contribution in [3.05, 3.63) is 110 Å². The zero-order chi connectivity index (χ0) is 55.6. The molecule has 3 rings (SSSR count). The lowest BCUT2D eigenvalue weighted by atomic mass is 10.1. The predicted octanol–water partition coefficient (Wildman–Crippen LogP) is -6.52. The SMILES string of the molecule is CN(C)c1ccc(/C=C\CN(c2c([N+](=O)[O-])cc(C#N)cc2[N+](=O)[O-])C(O)C(=O)NC(C(=O)NC(N=C(N)N)C(=O)NC(N=C(N)N)C(=O)NC(N=C(N)N)C(=O)NC(N=C(N)N)C(N)=O)c2ccccc2)cc1. The van der Waals surface area contributed by atoms with Gasteiger partial charge in [-0.25, -0.2) is 20.0 Å². The fourth-order valence-corrected chi connectivity index (χ4v) is 6.14. The van der Waals surface area contributed by atoms with Gasteiger partial charge in [0.1, 0.15) is 6.04 Å². The third-order valence-corrected chi connectivity index (χ3v) is 9.36. The molecule has 0 aliphatic heterocycles. The van der Waals surface area contributed by atoms with Crippen LogP contribution in [0.4, 0.5) is 22.7 Å². The lowest BCUT2D eigenvalue weighted by Gasteiger charge is -2.29. The van der Waals surface area contributed by atoms with Gasteiger partial charge in [0.25, 0.3) is 29.5 Å². The van der Waals surface area contributed by atoms with Gasteiger partial charge < -0.3 is 93.1 Å². The highest BCUT2D eigenvalue weighted by Crippen LogP contribution is 2.39. The summed E-state index contributed by atoms with van der Waals surface area (Å²) in [4.78, 5) is 120. The maximum atomic E-state index is 14.3. The number of nitriles is 1. The van der Waals surface area contributed by atoms with Crippen LogP contribution in [0.25, 0.3) is 6.08 Å². The van der Waals surface area contributed by atoms with Crippen molar-refractivity contribution in [3.8, 4) is 6.07 Å². The van der Waals surface area contributed by atoms with E-state index in [0.29, 0.717) is 22.6 Å². The number of aliphatic hydroxyl groups excluding tert-OH is 1. The van der Waals surface area contributed by atoms with Gasteiger partial charge in [0, 0.05) is 38.5 Å². The van der Waals surface area contributed by atoms with Crippen molar-refractivity contribution in [3.63, 3.8) is 0 Å². The van der Waals surface area contributed by atoms with Crippen molar-refractivity contribution in [1.29, 1.82) is 5.26 Å². The highest BCUT2D eigenvalue weighted by molar-refractivity contribution is 5.99. The van der Waals surface area contributed by atoms with Crippen molar-refractivity contribution in [2.45, 2.75) is 36.9 Å². The first-order valence-electron chi connectivity index (χ1n) is 20.7. The van der Waals surface area contributed by atoms with Gasteiger partial charge in [-0.3, -0.25) is 49.0 Å². The zero-order valence-corrected chi connectivity index (χ0v) is 38.9. The lowest BCUT2D eigenvalue weighted by molar-refractivity contribution is -0.392. The van der Waals surface area contributed by atoms with Crippen LogP contribution in [-0.4, -0.2) is 126 Å². The van der Waals surface area contributed by atoms with Crippen LogP contribution in [-0.2, 0) is 28.8 Å². The number of guanidine groups is 4. The second-order valence-corrected chi connectivity index (χ2v) is 15.0. The van der Waals surface area contributed by atoms with Crippen molar-refractivity contribution in [2.75, 3.05) is 30.4 Å². The number of nitro benzene ring substituents is 2. The average Bonchev–Trinajstić information content (AvgIpc) is 3.32. The Labute approximate surface area is 417 Å². The molecule has 0 aromatic heterocycles. The Morgan fingerprint density at radius 3 is 1.46 bits per heavy atom. The minimum absolute atomic E-state index is 0.0578. The number of nitrogens with zero attached hydrogens (tertiary/aromatic N) is 9. The molecule has 6 amide bonds. The Hall–Kier alpha value is -10.9. The summed E-state index contributed by atoms with van der Waals surface area (Å²) in [6.07, 6.45) is -8.36. The summed E-state index contributed by atoms with van der Waals surface area (Å²) < 4.78 is 0. The highest BCUT2D eigenvalue weighted by Gasteiger charge is 2.39. The molecule has 0 radical (unpaired) electrons. The van der Waals surface area contributed by atoms with E-state index in [9.17, 15) is 59.4 Å². The summed E-state index contributed by atoms with van der Waals surface area (Å²) in [5, 5.41) is 56.5. The molecule has 34 nitrogen and oxygen atoms in total. The van der Waals surface area contributed by atoms with Crippen molar-refractivity contribution in [2.24, 2.45) is 71.6 Å². The first-order chi connectivity index (χ1) is 34.7. The van der Waals surface area contributed by atoms with Gasteiger partial charge >= 0.3 is 11.4 Å². The average molecular weight is 1030 g/mol. The Morgan fingerprint density at radius 1 is 0.649 bits per heavy atom. The molecule has 0 bridgehead atoms. The van der Waals surface area contributed by atoms with Gasteiger partial charge in [-0.1, -0.05) is 54.6 Å². The Morgan fingerprint density at radius 2 is 1.07 bits per heavy atom. The molecule has 0 spiro atoms. The van der Waals surface area contributed by atoms with Gasteiger partial charge in [-0.05, 0) is 23.3 Å². The number of aliphatic hydroxyl groups is 1. The molecule has 0 saturated heterocycles. The van der Waals surface area contributed by atoms with Gasteiger partial charge in [0.15, 0.2) is 29.5 Å². The van der Waals surface area contributed by atoms with E-state index in [1.165, 1.54) is 42.5 Å². The second kappa shape index (κ2) is 26.2. The predicted molar refractivity (Wildman–Crippen MR) is 265 cm³/mol. The highest BCUT2D eigenvalue weighted by atomic mass is 16.6. The van der Waals surface area contributed by atoms with Crippen LogP contribution in [0.3, 0.4) is 0 Å². The number of hydrogen-bond donors (Lipinski definition) is 15. The van der Waals surface area contributed by atoms with E-state index < -0.39 is 135 Å². The van der Waals surface area contributed by atoms with E-state index in [-0.39, 0.29) is 5.56 Å². The number of carbonyl (C=O) groups excluding carboxylic acids is 6. The second-order valence-electron chi connectivity index (χ2n) is 15.0. The molecule has 6 atom stereocenters. The molecule has 34 heteroatoms. The molecule has 3 aromatic rings. The maximum Gasteiger partial charge on any atom is 0.301 e. The van der Waals surface area contributed by atoms with Gasteiger partial charge in [-0.15, -0.1) is 0 Å². The number of aliphatic imine (C=N–C) groups is 4. The van der Waals surface area contributed by atoms with Gasteiger partial charge in [0.2, 0.25) is 36.8 Å². The number of anilines is 2. The molecule has 0 saturated carbocycles. The van der Waals surface area contributed by atoms with E-state index in [2.05, 4.69) is 30.6 Å². The summed E-state index contributed by atoms with van der Waals surface area (Å²) in [5.41, 5.74) is 46.5. The molecule has 74 heavy (non-hydrogen) atoms. The van der Waals surface area contributed by atoms with Crippen molar-refractivity contribution in [1.82, 2.24) is 26.6 Å². The standard InChI is InChI=1S/C40H51N23O11/c1-60(2)21-12-10-18(11-13-21)7-6-14-61(25-22(62(71)72)15-19(17-41)16-23(25)63(73)74)36(70)35(69)51-24(20-8-4-3-5-9-20)31(65)53-28(57-38(45)46)33(67)55-30(59-40(49)50)34(68)54-29(58-39(47)48)32(66)52-27(26(42)64)56-37(43)44/h3-13,15-16,24,27-30,36,70H,14H2,1-2H3,(H2,42,64)(H,51,69)(H,52,66)(H,53,65)(H,54,68)(H,55,67)(H4,43,44,56)(H4,45,46,57)(H4,47,48,58)(H4,49,50,59)/b7-6-. The first kappa shape index (κ1) is 57.5. The minimum atomic E-state index is -2.60. The zero-order valence-electron chi connectivity index (χ0n) is 38.9. The van der Waals surface area contributed by atoms with Crippen molar-refractivity contribution < 1.29 is 43.7 Å². The number of primary amides is 1. The summed E-state index contributed by atoms with van der Waals surface area (Å²) in [7, 11) is 3.61. The normalized spacial score (nSPS) is 12.9. The number of nitrogens with one attached hydrogen (secondary N) is 5. The minimum Gasteiger partial charge on any atom is -0.378 e. The molecule has 0 aliphatic carbocycles. The van der Waals surface area contributed by atoms with E-state index in [1.807, 2.05) is 20.9 Å². The van der Waals surface area contributed by atoms with Gasteiger partial charge in [0.05, 0.1) is 21.5 Å². The van der Waals surface area contributed by atoms with E-state index in [4.69, 9.17) is 51.6 Å². The summed E-state index contributed by atoms with van der Waals surface area (Å²) >= 11 is 0. The number of benzene rings is 3. The van der Waals surface area contributed by atoms with Crippen LogP contribution in [0, 0.1) is 31.6 Å². The first-order valence-corrected chi connectivity index (χ1v) is 20.7. The summed E-state index contributed by atoms with van der Waals surface area (Å²) in [5.74, 6) is -11.6. The fraction of sp³-hybridized carbons (Fsp3) is 0.225. The van der Waals surface area contributed by atoms with Crippen LogP contribution >= 0.6 is 0 Å². The molecule has 392 valence electrons. The number of hydrogen-bond acceptors (Lipinski definition) is 18. The summed E-state index contributed by atoms with van der Waals surface area (Å²) in [6, 6.07) is 14.8. The van der Waals surface area contributed by atoms with Crippen molar-refractivity contribution >= 4 is 88.1 Å². The Bertz CT molecular complexity index is 2760. The topological polar surface area (TPSA) is 583 Å². The Balaban J connectivity index is 2.07. The number of rotatable bonds is 24. The lowest BCUT2D eigenvalue weighted by Crippen LogP contribution is -2.58. The molecule has 6 unspecified atom stereocenters. The van der Waals surface area contributed by atoms with Crippen LogP contribution < -0.4 is 88.0 Å². The third kappa shape index (κ3) is 16.7. The van der Waals surface area contributed by atoms with E-state index in [1.54, 1.807) is 44.4 Å². The van der Waals surface area contributed by atoms with Crippen LogP contribution in [0.2, 0.25) is 0 Å². The van der Waals surface area contributed by atoms with Crippen LogP contribution in [0.15, 0.2) is 92.8 Å². The Kier molecular flexibility index (Phi) is 20.4. The van der Waals surface area contributed by atoms with Gasteiger partial charge in [-0.2, -0.15) is 5.26 Å². The molecule has 0 fully saturated rings. The maximum absolute atomic E-state index is 14.3. The molecule has 0 aliphatic rings. The molecule has 0 heterocycles. The number of nitro groups is 2. The fourth-order valence-electron chi connectivity index (χ4n) is 6.14. The van der Waals surface area contributed by atoms with E-state index >= 15 is 0 Å². The van der Waals surface area contributed by atoms with Crippen LogP contribution in [0.1, 0.15) is 22.7 Å². The quantitative estimate of drug-likeness (QED) is 0.0130. The number of carbonyl (C=O) groups is 6.